The van der Waals surface area contributed by atoms with Crippen LogP contribution in [0.4, 0.5) is 0 Å². The van der Waals surface area contributed by atoms with Crippen LogP contribution in [-0.2, 0) is 33.2 Å². The molecule has 14 heteroatoms. The molecule has 384 valence electrons. The molecule has 2 rings (SSSR count). The van der Waals surface area contributed by atoms with Crippen molar-refractivity contribution in [2.45, 2.75) is 242 Å². The second-order valence-corrected chi connectivity index (χ2v) is 18.0. The van der Waals surface area contributed by atoms with Crippen LogP contribution in [0, 0.1) is 0 Å². The van der Waals surface area contributed by atoms with E-state index in [2.05, 4.69) is 62.5 Å². The molecule has 2 aliphatic heterocycles. The minimum atomic E-state index is -1.70. The van der Waals surface area contributed by atoms with Crippen molar-refractivity contribution in [1.29, 1.82) is 0 Å². The van der Waals surface area contributed by atoms with Gasteiger partial charge in [-0.15, -0.1) is 0 Å². The average molecular weight is 941 g/mol. The van der Waals surface area contributed by atoms with Crippen LogP contribution in [0.5, 0.6) is 0 Å². The third kappa shape index (κ3) is 27.2. The van der Waals surface area contributed by atoms with E-state index in [-0.39, 0.29) is 25.6 Å². The number of hydrogen-bond donors (Lipinski definition) is 7. The number of ether oxygens (including phenoxy) is 6. The second kappa shape index (κ2) is 39.8. The van der Waals surface area contributed by atoms with Gasteiger partial charge in [0.05, 0.1) is 26.4 Å². The summed E-state index contributed by atoms with van der Waals surface area (Å²) in [4.78, 5) is 12.9. The smallest absolute Gasteiger partial charge is 0.306 e. The number of aliphatic hydroxyl groups excluding tert-OH is 7. The Balaban J connectivity index is 1.68. The molecule has 0 aliphatic carbocycles. The van der Waals surface area contributed by atoms with Crippen molar-refractivity contribution in [3.8, 4) is 0 Å². The highest BCUT2D eigenvalue weighted by Crippen LogP contribution is 2.26. The Bertz CT molecular complexity index is 1280. The van der Waals surface area contributed by atoms with Crippen molar-refractivity contribution in [3.05, 3.63) is 48.6 Å². The van der Waals surface area contributed by atoms with Crippen molar-refractivity contribution in [3.63, 3.8) is 0 Å². The van der Waals surface area contributed by atoms with Gasteiger partial charge in [-0.05, 0) is 51.4 Å². The molecule has 14 nitrogen and oxygen atoms in total. The Labute approximate surface area is 397 Å². The summed E-state index contributed by atoms with van der Waals surface area (Å²) >= 11 is 0. The van der Waals surface area contributed by atoms with Gasteiger partial charge in [-0.3, -0.25) is 4.79 Å². The van der Waals surface area contributed by atoms with Gasteiger partial charge in [0.25, 0.3) is 0 Å². The highest BCUT2D eigenvalue weighted by molar-refractivity contribution is 5.69. The van der Waals surface area contributed by atoms with Gasteiger partial charge < -0.3 is 64.2 Å². The molecule has 0 radical (unpaired) electrons. The number of unbranched alkanes of at least 4 members (excludes halogenated alkanes) is 18. The zero-order chi connectivity index (χ0) is 48.0. The molecule has 0 bridgehead atoms. The predicted octanol–water partition coefficient (Wildman–Crippen LogP) is 7.57. The van der Waals surface area contributed by atoms with Crippen LogP contribution in [0.2, 0.25) is 0 Å². The van der Waals surface area contributed by atoms with Crippen LogP contribution in [0.1, 0.15) is 174 Å². The Morgan fingerprint density at radius 1 is 0.515 bits per heavy atom. The minimum Gasteiger partial charge on any atom is -0.457 e. The van der Waals surface area contributed by atoms with Crippen molar-refractivity contribution < 1.29 is 69.0 Å². The first-order chi connectivity index (χ1) is 32.1. The maximum atomic E-state index is 12.9. The third-order valence-corrected chi connectivity index (χ3v) is 12.1. The molecule has 0 spiro atoms. The summed E-state index contributed by atoms with van der Waals surface area (Å²) in [7, 11) is 0. The second-order valence-electron chi connectivity index (χ2n) is 18.0. The van der Waals surface area contributed by atoms with Crippen LogP contribution in [-0.4, -0.2) is 142 Å². The number of esters is 1. The first-order valence-electron chi connectivity index (χ1n) is 25.7. The quantitative estimate of drug-likeness (QED) is 0.0179. The van der Waals surface area contributed by atoms with Crippen molar-refractivity contribution in [2.24, 2.45) is 0 Å². The Morgan fingerprint density at radius 3 is 1.55 bits per heavy atom. The number of carbonyl (C=O) groups excluding carboxylic acids is 1. The van der Waals surface area contributed by atoms with Gasteiger partial charge >= 0.3 is 5.97 Å². The van der Waals surface area contributed by atoms with Gasteiger partial charge in [-0.25, -0.2) is 0 Å². The molecule has 66 heavy (non-hydrogen) atoms. The van der Waals surface area contributed by atoms with Crippen molar-refractivity contribution >= 4 is 5.97 Å². The SMILES string of the molecule is CC/C=C\C/C=C\C/C=C\C/C=C\CCCCCCCCCCCCCOCC(COC1OC(COC2OC(CO)C(O)C(O)C2O)C(O)C(O)C1O)OC(=O)CCCCCCCCCC. The molecule has 2 saturated heterocycles. The first-order valence-corrected chi connectivity index (χ1v) is 25.7. The molecule has 0 saturated carbocycles. The Morgan fingerprint density at radius 2 is 0.985 bits per heavy atom. The van der Waals surface area contributed by atoms with Crippen molar-refractivity contribution in [1.82, 2.24) is 0 Å². The standard InChI is InChI=1S/C52H92O14/c1-3-5-7-9-11-13-14-15-16-17-18-19-20-21-22-23-24-25-26-27-28-30-32-34-36-61-38-41(64-44(54)35-33-31-29-12-10-8-6-4-2)39-62-51-50(60)48(58)46(56)43(66-51)40-63-52-49(59)47(57)45(55)42(37-53)65-52/h5,7,11,13,15-16,18-19,41-43,45-53,55-60H,3-4,6,8-10,12,14,17,20-40H2,1-2H3/b7-5-,13-11-,16-15-,19-18-. The van der Waals surface area contributed by atoms with E-state index < -0.39 is 80.7 Å². The third-order valence-electron chi connectivity index (χ3n) is 12.1. The van der Waals surface area contributed by atoms with Crippen molar-refractivity contribution in [2.75, 3.05) is 33.0 Å². The van der Waals surface area contributed by atoms with Crippen LogP contribution in [0.3, 0.4) is 0 Å². The predicted molar refractivity (Wildman–Crippen MR) is 256 cm³/mol. The lowest BCUT2D eigenvalue weighted by Gasteiger charge is -2.42. The molecular weight excluding hydrogens is 849 g/mol. The number of aliphatic hydroxyl groups is 7. The maximum Gasteiger partial charge on any atom is 0.306 e. The Kier molecular flexibility index (Phi) is 36.2. The lowest BCUT2D eigenvalue weighted by molar-refractivity contribution is -0.332. The van der Waals surface area contributed by atoms with E-state index in [0.717, 1.165) is 70.6 Å². The van der Waals surface area contributed by atoms with Gasteiger partial charge in [0.15, 0.2) is 12.6 Å². The summed E-state index contributed by atoms with van der Waals surface area (Å²) < 4.78 is 34.2. The molecule has 0 aromatic rings. The molecule has 11 unspecified atom stereocenters. The lowest BCUT2D eigenvalue weighted by Crippen LogP contribution is -2.61. The zero-order valence-corrected chi connectivity index (χ0v) is 40.7. The van der Waals surface area contributed by atoms with E-state index in [4.69, 9.17) is 28.4 Å². The number of allylic oxidation sites excluding steroid dienone is 8. The largest absolute Gasteiger partial charge is 0.457 e. The minimum absolute atomic E-state index is 0.0598. The number of rotatable bonds is 40. The topological polar surface area (TPSA) is 214 Å². The zero-order valence-electron chi connectivity index (χ0n) is 40.7. The van der Waals surface area contributed by atoms with E-state index in [1.165, 1.54) is 77.0 Å². The summed E-state index contributed by atoms with van der Waals surface area (Å²) in [6.45, 7) is 3.53. The molecule has 0 aromatic carbocycles. The Hall–Kier alpha value is -2.05. The van der Waals surface area contributed by atoms with Crippen LogP contribution in [0.25, 0.3) is 0 Å². The molecule has 2 fully saturated rings. The molecule has 7 N–H and O–H groups in total. The number of carbonyl (C=O) groups is 1. The van der Waals surface area contributed by atoms with Gasteiger partial charge in [0, 0.05) is 13.0 Å². The fourth-order valence-electron chi connectivity index (χ4n) is 7.92. The van der Waals surface area contributed by atoms with E-state index in [0.29, 0.717) is 13.0 Å². The van der Waals surface area contributed by atoms with Gasteiger partial charge in [-0.2, -0.15) is 0 Å². The lowest BCUT2D eigenvalue weighted by atomic mass is 9.98. The van der Waals surface area contributed by atoms with Gasteiger partial charge in [-0.1, -0.05) is 165 Å². The van der Waals surface area contributed by atoms with Crippen LogP contribution >= 0.6 is 0 Å². The van der Waals surface area contributed by atoms with Crippen LogP contribution in [0.15, 0.2) is 48.6 Å². The fraction of sp³-hybridized carbons (Fsp3) is 0.827. The monoisotopic (exact) mass is 941 g/mol. The maximum absolute atomic E-state index is 12.9. The first kappa shape index (κ1) is 60.1. The highest BCUT2D eigenvalue weighted by atomic mass is 16.7. The highest BCUT2D eigenvalue weighted by Gasteiger charge is 2.47. The summed E-state index contributed by atoms with van der Waals surface area (Å²) in [5.41, 5.74) is 0. The molecule has 2 heterocycles. The molecular formula is C52H92O14. The summed E-state index contributed by atoms with van der Waals surface area (Å²) in [5, 5.41) is 72.0. The average Bonchev–Trinajstić information content (AvgIpc) is 3.31. The molecule has 11 atom stereocenters. The molecule has 0 aromatic heterocycles. The van der Waals surface area contributed by atoms with Gasteiger partial charge in [0.1, 0.15) is 54.9 Å². The molecule has 0 amide bonds. The summed E-state index contributed by atoms with van der Waals surface area (Å²) in [6, 6.07) is 0. The summed E-state index contributed by atoms with van der Waals surface area (Å²) in [5.74, 6) is -0.383. The summed E-state index contributed by atoms with van der Waals surface area (Å²) in [6.07, 6.45) is 29.1. The van der Waals surface area contributed by atoms with Gasteiger partial charge in [0.2, 0.25) is 0 Å². The van der Waals surface area contributed by atoms with E-state index in [9.17, 15) is 40.5 Å². The number of hydrogen-bond acceptors (Lipinski definition) is 14. The molecule has 2 aliphatic rings. The van der Waals surface area contributed by atoms with E-state index in [1.54, 1.807) is 0 Å². The van der Waals surface area contributed by atoms with E-state index >= 15 is 0 Å². The fourth-order valence-corrected chi connectivity index (χ4v) is 7.92. The van der Waals surface area contributed by atoms with E-state index in [1.807, 2.05) is 0 Å². The van der Waals surface area contributed by atoms with Crippen LogP contribution < -0.4 is 0 Å². The normalized spacial score (nSPS) is 26.7.